The number of anilines is 1. The number of carbonyl (C=O) groups excluding carboxylic acids is 1. The first kappa shape index (κ1) is 12.1. The number of amides is 1. The minimum absolute atomic E-state index is 0.132. The van der Waals surface area contributed by atoms with Crippen molar-refractivity contribution in [1.82, 2.24) is 19.9 Å². The first-order valence-electron chi connectivity index (χ1n) is 5.68. The highest BCUT2D eigenvalue weighted by molar-refractivity contribution is 5.98. The highest BCUT2D eigenvalue weighted by Gasteiger charge is 2.10. The number of imidazole rings is 1. The van der Waals surface area contributed by atoms with Gasteiger partial charge in [-0.2, -0.15) is 0 Å². The Hall–Kier alpha value is -2.37. The van der Waals surface area contributed by atoms with Gasteiger partial charge >= 0.3 is 0 Å². The Morgan fingerprint density at radius 1 is 1.44 bits per heavy atom. The number of carbonyl (C=O) groups is 1. The summed E-state index contributed by atoms with van der Waals surface area (Å²) in [5, 5.41) is 5.74. The minimum Gasteiger partial charge on any atom is -0.372 e. The summed E-state index contributed by atoms with van der Waals surface area (Å²) in [4.78, 5) is 20.0. The number of rotatable bonds is 5. The molecule has 0 atom stereocenters. The number of hydrogen-bond acceptors (Lipinski definition) is 4. The molecule has 0 spiro atoms. The van der Waals surface area contributed by atoms with E-state index in [2.05, 4.69) is 20.6 Å². The van der Waals surface area contributed by atoms with E-state index in [0.717, 1.165) is 0 Å². The standard InChI is InChI=1S/C12H15N5O/c1-13-11-10(3-2-4-15-11)12(18)16-6-8-17-7-5-14-9-17/h2-5,7,9H,6,8H2,1H3,(H,13,15)(H,16,18). The molecule has 0 aliphatic heterocycles. The molecule has 2 aromatic heterocycles. The van der Waals surface area contributed by atoms with Gasteiger partial charge in [0.05, 0.1) is 11.9 Å². The van der Waals surface area contributed by atoms with Crippen molar-refractivity contribution >= 4 is 11.7 Å². The fourth-order valence-corrected chi connectivity index (χ4v) is 1.60. The van der Waals surface area contributed by atoms with Crippen LogP contribution in [0.15, 0.2) is 37.1 Å². The lowest BCUT2D eigenvalue weighted by Gasteiger charge is -2.08. The third-order valence-electron chi connectivity index (χ3n) is 2.50. The van der Waals surface area contributed by atoms with Gasteiger partial charge < -0.3 is 15.2 Å². The Labute approximate surface area is 105 Å². The smallest absolute Gasteiger partial charge is 0.255 e. The Kier molecular flexibility index (Phi) is 3.90. The van der Waals surface area contributed by atoms with E-state index in [4.69, 9.17) is 0 Å². The highest BCUT2D eigenvalue weighted by atomic mass is 16.1. The molecule has 6 nitrogen and oxygen atoms in total. The monoisotopic (exact) mass is 245 g/mol. The molecule has 0 fully saturated rings. The second-order valence-corrected chi connectivity index (χ2v) is 3.71. The largest absolute Gasteiger partial charge is 0.372 e. The number of nitrogens with one attached hydrogen (secondary N) is 2. The number of pyridine rings is 1. The second kappa shape index (κ2) is 5.81. The van der Waals surface area contributed by atoms with Crippen molar-refractivity contribution in [3.8, 4) is 0 Å². The van der Waals surface area contributed by atoms with Gasteiger partial charge in [0.2, 0.25) is 0 Å². The van der Waals surface area contributed by atoms with E-state index >= 15 is 0 Å². The third kappa shape index (κ3) is 2.85. The molecular formula is C12H15N5O. The van der Waals surface area contributed by atoms with Crippen LogP contribution in [-0.2, 0) is 6.54 Å². The summed E-state index contributed by atoms with van der Waals surface area (Å²) in [6.45, 7) is 1.24. The molecule has 0 bridgehead atoms. The first-order chi connectivity index (χ1) is 8.81. The molecule has 0 aliphatic carbocycles. The molecule has 0 aromatic carbocycles. The van der Waals surface area contributed by atoms with Gasteiger partial charge in [-0.3, -0.25) is 4.79 Å². The lowest BCUT2D eigenvalue weighted by atomic mass is 10.2. The highest BCUT2D eigenvalue weighted by Crippen LogP contribution is 2.09. The molecule has 2 heterocycles. The van der Waals surface area contributed by atoms with Crippen molar-refractivity contribution in [2.24, 2.45) is 0 Å². The van der Waals surface area contributed by atoms with Crippen molar-refractivity contribution in [2.45, 2.75) is 6.54 Å². The molecule has 6 heteroatoms. The zero-order valence-corrected chi connectivity index (χ0v) is 10.1. The van der Waals surface area contributed by atoms with Gasteiger partial charge in [0.25, 0.3) is 5.91 Å². The fourth-order valence-electron chi connectivity index (χ4n) is 1.60. The number of hydrogen-bond donors (Lipinski definition) is 2. The van der Waals surface area contributed by atoms with Crippen LogP contribution in [0.5, 0.6) is 0 Å². The summed E-state index contributed by atoms with van der Waals surface area (Å²) in [5.41, 5.74) is 0.547. The summed E-state index contributed by atoms with van der Waals surface area (Å²) < 4.78 is 1.91. The van der Waals surface area contributed by atoms with Crippen LogP contribution in [0.1, 0.15) is 10.4 Å². The predicted molar refractivity (Wildman–Crippen MR) is 68.3 cm³/mol. The molecular weight excluding hydrogens is 230 g/mol. The lowest BCUT2D eigenvalue weighted by Crippen LogP contribution is -2.27. The Bertz CT molecular complexity index is 509. The van der Waals surface area contributed by atoms with Crippen molar-refractivity contribution in [3.05, 3.63) is 42.6 Å². The minimum atomic E-state index is -0.132. The zero-order chi connectivity index (χ0) is 12.8. The third-order valence-corrected chi connectivity index (χ3v) is 2.50. The Morgan fingerprint density at radius 3 is 3.06 bits per heavy atom. The molecule has 2 N–H and O–H groups in total. The Balaban J connectivity index is 1.91. The summed E-state index contributed by atoms with van der Waals surface area (Å²) in [6, 6.07) is 3.48. The van der Waals surface area contributed by atoms with Crippen LogP contribution in [0.4, 0.5) is 5.82 Å². The summed E-state index contributed by atoms with van der Waals surface area (Å²) >= 11 is 0. The van der Waals surface area contributed by atoms with Crippen LogP contribution < -0.4 is 10.6 Å². The van der Waals surface area contributed by atoms with E-state index in [1.54, 1.807) is 37.9 Å². The quantitative estimate of drug-likeness (QED) is 0.815. The topological polar surface area (TPSA) is 71.8 Å². The van der Waals surface area contributed by atoms with Crippen LogP contribution in [0.3, 0.4) is 0 Å². The fraction of sp³-hybridized carbons (Fsp3) is 0.250. The lowest BCUT2D eigenvalue weighted by molar-refractivity contribution is 0.0953. The second-order valence-electron chi connectivity index (χ2n) is 3.71. The molecule has 2 aromatic rings. The predicted octanol–water partition coefficient (Wildman–Crippen LogP) is 0.750. The van der Waals surface area contributed by atoms with Gasteiger partial charge in [0.15, 0.2) is 0 Å². The average molecular weight is 245 g/mol. The van der Waals surface area contributed by atoms with Gasteiger partial charge in [0, 0.05) is 38.7 Å². The molecule has 0 radical (unpaired) electrons. The van der Waals surface area contributed by atoms with E-state index in [0.29, 0.717) is 24.5 Å². The first-order valence-corrected chi connectivity index (χ1v) is 5.68. The van der Waals surface area contributed by atoms with Crippen molar-refractivity contribution < 1.29 is 4.79 Å². The van der Waals surface area contributed by atoms with Crippen LogP contribution in [0.2, 0.25) is 0 Å². The maximum atomic E-state index is 11.9. The van der Waals surface area contributed by atoms with Crippen molar-refractivity contribution in [2.75, 3.05) is 18.9 Å². The van der Waals surface area contributed by atoms with E-state index < -0.39 is 0 Å². The van der Waals surface area contributed by atoms with Crippen LogP contribution in [0.25, 0.3) is 0 Å². The molecule has 2 rings (SSSR count). The molecule has 1 amide bonds. The van der Waals surface area contributed by atoms with Gasteiger partial charge in [-0.1, -0.05) is 0 Å². The van der Waals surface area contributed by atoms with E-state index in [1.807, 2.05) is 10.8 Å². The van der Waals surface area contributed by atoms with Crippen molar-refractivity contribution in [1.29, 1.82) is 0 Å². The maximum Gasteiger partial charge on any atom is 0.255 e. The van der Waals surface area contributed by atoms with Crippen LogP contribution in [-0.4, -0.2) is 34.0 Å². The Morgan fingerprint density at radius 2 is 2.33 bits per heavy atom. The molecule has 0 aliphatic rings. The molecule has 0 unspecified atom stereocenters. The van der Waals surface area contributed by atoms with E-state index in [9.17, 15) is 4.79 Å². The molecule has 18 heavy (non-hydrogen) atoms. The number of aromatic nitrogens is 3. The molecule has 94 valence electrons. The summed E-state index contributed by atoms with van der Waals surface area (Å²) in [5.74, 6) is 0.449. The summed E-state index contributed by atoms with van der Waals surface area (Å²) in [6.07, 6.45) is 6.93. The molecule has 0 saturated carbocycles. The van der Waals surface area contributed by atoms with Gasteiger partial charge in [-0.25, -0.2) is 9.97 Å². The normalized spacial score (nSPS) is 10.1. The van der Waals surface area contributed by atoms with Crippen LogP contribution in [0, 0.1) is 0 Å². The maximum absolute atomic E-state index is 11.9. The SMILES string of the molecule is CNc1ncccc1C(=O)NCCn1ccnc1. The van der Waals surface area contributed by atoms with Crippen LogP contribution >= 0.6 is 0 Å². The van der Waals surface area contributed by atoms with Gasteiger partial charge in [0.1, 0.15) is 5.82 Å². The zero-order valence-electron chi connectivity index (χ0n) is 10.1. The van der Waals surface area contributed by atoms with E-state index in [1.165, 1.54) is 0 Å². The molecule has 0 saturated heterocycles. The van der Waals surface area contributed by atoms with Gasteiger partial charge in [-0.15, -0.1) is 0 Å². The van der Waals surface area contributed by atoms with Gasteiger partial charge in [-0.05, 0) is 12.1 Å². The summed E-state index contributed by atoms with van der Waals surface area (Å²) in [7, 11) is 1.74. The average Bonchev–Trinajstić information content (AvgIpc) is 2.91. The number of nitrogens with zero attached hydrogens (tertiary/aromatic N) is 3. The van der Waals surface area contributed by atoms with E-state index in [-0.39, 0.29) is 5.91 Å². The van der Waals surface area contributed by atoms with Crippen molar-refractivity contribution in [3.63, 3.8) is 0 Å².